The molecule has 13 nitrogen and oxygen atoms in total. The van der Waals surface area contributed by atoms with Gasteiger partial charge in [-0.05, 0) is 42.2 Å². The number of nitrogens with one attached hydrogen (secondary N) is 2. The molecule has 294 valence electrons. The summed E-state index contributed by atoms with van der Waals surface area (Å²) in [7, 11) is 0. The van der Waals surface area contributed by atoms with Crippen LogP contribution in [0, 0.1) is 0 Å². The van der Waals surface area contributed by atoms with Gasteiger partial charge < -0.3 is 48.9 Å². The highest BCUT2D eigenvalue weighted by Gasteiger charge is 2.33. The lowest BCUT2D eigenvalue weighted by Gasteiger charge is -2.38. The van der Waals surface area contributed by atoms with Crippen LogP contribution in [-0.4, -0.2) is 120 Å². The Morgan fingerprint density at radius 1 is 0.722 bits per heavy atom. The summed E-state index contributed by atoms with van der Waals surface area (Å²) >= 11 is 0. The molecule has 0 saturated carbocycles. The van der Waals surface area contributed by atoms with Crippen LogP contribution in [0.1, 0.15) is 48.0 Å². The minimum Gasteiger partial charge on any atom is -0.392 e. The molecule has 0 bridgehead atoms. The summed E-state index contributed by atoms with van der Waals surface area (Å²) in [4.78, 5) is 27.8. The quantitative estimate of drug-likeness (QED) is 0.271. The number of benzene rings is 3. The third kappa shape index (κ3) is 14.5. The first-order valence-corrected chi connectivity index (χ1v) is 18.8. The van der Waals surface area contributed by atoms with Crippen molar-refractivity contribution in [2.75, 3.05) is 91.0 Å². The molecule has 3 aromatic rings. The van der Waals surface area contributed by atoms with Gasteiger partial charge in [-0.3, -0.25) is 9.69 Å². The predicted molar refractivity (Wildman–Crippen MR) is 202 cm³/mol. The molecule has 2 fully saturated rings. The van der Waals surface area contributed by atoms with Gasteiger partial charge in [0, 0.05) is 37.3 Å². The highest BCUT2D eigenvalue weighted by molar-refractivity contribution is 5.93. The number of urea groups is 1. The van der Waals surface area contributed by atoms with E-state index in [2.05, 4.69) is 15.5 Å². The van der Waals surface area contributed by atoms with Crippen LogP contribution < -0.4 is 10.6 Å². The first kappa shape index (κ1) is 41.4. The highest BCUT2D eigenvalue weighted by atomic mass is 16.7. The first-order chi connectivity index (χ1) is 26.5. The van der Waals surface area contributed by atoms with Gasteiger partial charge in [-0.25, -0.2) is 4.79 Å². The molecule has 2 heterocycles. The van der Waals surface area contributed by atoms with Crippen LogP contribution in [0.5, 0.6) is 0 Å². The molecule has 4 atom stereocenters. The van der Waals surface area contributed by atoms with Gasteiger partial charge in [-0.15, -0.1) is 0 Å². The second-order valence-electron chi connectivity index (χ2n) is 13.3. The molecule has 5 rings (SSSR count). The Morgan fingerprint density at radius 2 is 1.33 bits per heavy atom. The third-order valence-electron chi connectivity index (χ3n) is 9.16. The summed E-state index contributed by atoms with van der Waals surface area (Å²) in [5.41, 5.74) is 4.02. The second-order valence-corrected chi connectivity index (χ2v) is 13.3. The Hall–Kier alpha value is -3.76. The van der Waals surface area contributed by atoms with Crippen molar-refractivity contribution in [1.82, 2.24) is 10.2 Å². The Morgan fingerprint density at radius 3 is 1.93 bits per heavy atom. The monoisotopic (exact) mass is 749 g/mol. The average Bonchev–Trinajstić information content (AvgIpc) is 3.18. The number of ether oxygens (including phenoxy) is 7. The summed E-state index contributed by atoms with van der Waals surface area (Å²) in [6, 6.07) is 23.5. The van der Waals surface area contributed by atoms with E-state index in [0.717, 1.165) is 22.3 Å². The molecule has 3 N–H and O–H groups in total. The third-order valence-corrected chi connectivity index (χ3v) is 9.16. The minimum atomic E-state index is -0.731. The zero-order valence-corrected chi connectivity index (χ0v) is 31.2. The molecule has 2 aliphatic rings. The summed E-state index contributed by atoms with van der Waals surface area (Å²) in [5, 5.41) is 15.3. The summed E-state index contributed by atoms with van der Waals surface area (Å²) < 4.78 is 41.8. The molecular formula is C41H55N3O10. The lowest BCUT2D eigenvalue weighted by atomic mass is 9.99. The van der Waals surface area contributed by atoms with Crippen LogP contribution in [0.4, 0.5) is 10.5 Å². The number of rotatable bonds is 10. The maximum absolute atomic E-state index is 13.1. The zero-order valence-electron chi connectivity index (χ0n) is 31.2. The summed E-state index contributed by atoms with van der Waals surface area (Å²) in [6.45, 7) is 8.42. The Kier molecular flexibility index (Phi) is 17.8. The van der Waals surface area contributed by atoms with Crippen molar-refractivity contribution in [2.45, 2.75) is 50.9 Å². The molecule has 2 aliphatic heterocycles. The number of ketones is 1. The SMILES string of the molecule is CC(=O)C(Cc1ccccc1)NC(=O)Nc1cccc(C2OC(CN3CCOCCOCCOCCOCCOCC3)CC(c3ccc(CO)cc3)O2)c1. The highest BCUT2D eigenvalue weighted by Crippen LogP contribution is 2.38. The molecule has 0 spiro atoms. The molecule has 3 aromatic carbocycles. The fourth-order valence-corrected chi connectivity index (χ4v) is 6.22. The molecular weight excluding hydrogens is 694 g/mol. The van der Waals surface area contributed by atoms with Gasteiger partial charge in [0.25, 0.3) is 0 Å². The molecule has 2 saturated heterocycles. The van der Waals surface area contributed by atoms with Crippen molar-refractivity contribution >= 4 is 17.5 Å². The summed E-state index contributed by atoms with van der Waals surface area (Å²) in [6.07, 6.45) is -0.244. The van der Waals surface area contributed by atoms with E-state index in [1.165, 1.54) is 6.92 Å². The fraction of sp³-hybridized carbons (Fsp3) is 0.512. The van der Waals surface area contributed by atoms with Crippen LogP contribution in [0.25, 0.3) is 0 Å². The first-order valence-electron chi connectivity index (χ1n) is 18.8. The number of hydrogen-bond acceptors (Lipinski definition) is 11. The Labute approximate surface area is 318 Å². The molecule has 4 unspecified atom stereocenters. The molecule has 13 heteroatoms. The lowest BCUT2D eigenvalue weighted by molar-refractivity contribution is -0.253. The number of aliphatic hydroxyl groups excluding tert-OH is 1. The minimum absolute atomic E-state index is 0.0429. The smallest absolute Gasteiger partial charge is 0.319 e. The molecule has 0 aromatic heterocycles. The average molecular weight is 750 g/mol. The van der Waals surface area contributed by atoms with Gasteiger partial charge in [0.05, 0.1) is 90.9 Å². The van der Waals surface area contributed by atoms with E-state index in [1.54, 1.807) is 6.07 Å². The van der Waals surface area contributed by atoms with Crippen LogP contribution in [0.2, 0.25) is 0 Å². The van der Waals surface area contributed by atoms with Crippen LogP contribution in [0.3, 0.4) is 0 Å². The van der Waals surface area contributed by atoms with Crippen molar-refractivity contribution < 1.29 is 47.9 Å². The van der Waals surface area contributed by atoms with Gasteiger partial charge in [0.15, 0.2) is 12.1 Å². The van der Waals surface area contributed by atoms with Crippen molar-refractivity contribution in [3.8, 4) is 0 Å². The zero-order chi connectivity index (χ0) is 37.8. The van der Waals surface area contributed by atoms with Gasteiger partial charge in [0.2, 0.25) is 0 Å². The van der Waals surface area contributed by atoms with Gasteiger partial charge in [0.1, 0.15) is 0 Å². The second kappa shape index (κ2) is 23.2. The number of hydrogen-bond donors (Lipinski definition) is 3. The number of nitrogens with zero attached hydrogens (tertiary/aromatic N) is 1. The van der Waals surface area contributed by atoms with E-state index in [9.17, 15) is 14.7 Å². The Bertz CT molecular complexity index is 1510. The van der Waals surface area contributed by atoms with E-state index in [0.29, 0.717) is 104 Å². The van der Waals surface area contributed by atoms with Crippen LogP contribution in [0.15, 0.2) is 78.9 Å². The number of carbonyl (C=O) groups excluding carboxylic acids is 2. The molecule has 0 radical (unpaired) electrons. The fourth-order valence-electron chi connectivity index (χ4n) is 6.22. The standard InChI is InChI=1S/C41H55N3O10/c1-31(46)38(26-32-6-3-2-4-7-32)43-41(47)42-36-9-5-8-35(27-36)40-53-37(28-39(54-40)34-12-10-33(30-45)11-13-34)29-44-14-16-48-18-20-50-22-24-52-25-23-51-21-19-49-17-15-44/h2-13,27,37-40,45H,14-26,28-30H2,1H3,(H2,42,43,47). The van der Waals surface area contributed by atoms with Crippen molar-refractivity contribution in [3.63, 3.8) is 0 Å². The number of carbonyl (C=O) groups is 2. The van der Waals surface area contributed by atoms with E-state index in [1.807, 2.05) is 72.8 Å². The predicted octanol–water partition coefficient (Wildman–Crippen LogP) is 4.44. The molecule has 2 amide bonds. The van der Waals surface area contributed by atoms with Crippen molar-refractivity contribution in [2.24, 2.45) is 0 Å². The van der Waals surface area contributed by atoms with Crippen molar-refractivity contribution in [1.29, 1.82) is 0 Å². The topological polar surface area (TPSA) is 146 Å². The van der Waals surface area contributed by atoms with E-state index >= 15 is 0 Å². The normalized spacial score (nSPS) is 22.3. The largest absolute Gasteiger partial charge is 0.392 e. The van der Waals surface area contributed by atoms with Crippen LogP contribution in [-0.2, 0) is 51.0 Å². The molecule has 54 heavy (non-hydrogen) atoms. The van der Waals surface area contributed by atoms with Gasteiger partial charge in [-0.1, -0.05) is 66.7 Å². The number of anilines is 1. The number of Topliss-reactive ketones (excluding diaryl/α,β-unsaturated/α-hetero) is 1. The van der Waals surface area contributed by atoms with Gasteiger partial charge in [-0.2, -0.15) is 0 Å². The lowest BCUT2D eigenvalue weighted by Crippen LogP contribution is -2.43. The van der Waals surface area contributed by atoms with E-state index in [-0.39, 0.29) is 24.6 Å². The number of aliphatic hydroxyl groups is 1. The van der Waals surface area contributed by atoms with E-state index in [4.69, 9.17) is 33.2 Å². The van der Waals surface area contributed by atoms with Crippen molar-refractivity contribution in [3.05, 3.63) is 101 Å². The Balaban J connectivity index is 1.26. The van der Waals surface area contributed by atoms with E-state index < -0.39 is 18.4 Å². The summed E-state index contributed by atoms with van der Waals surface area (Å²) in [5.74, 6) is -0.132. The van der Waals surface area contributed by atoms with Crippen LogP contribution >= 0.6 is 0 Å². The molecule has 0 aliphatic carbocycles. The van der Waals surface area contributed by atoms with Gasteiger partial charge >= 0.3 is 6.03 Å². The maximum atomic E-state index is 13.1. The maximum Gasteiger partial charge on any atom is 0.319 e. The number of amides is 2.